The Morgan fingerprint density at radius 2 is 1.67 bits per heavy atom. The number of ether oxygens (including phenoxy) is 3. The van der Waals surface area contributed by atoms with Gasteiger partial charge in [0.05, 0.1) is 24.8 Å². The van der Waals surface area contributed by atoms with E-state index in [4.69, 9.17) is 14.2 Å². The van der Waals surface area contributed by atoms with E-state index < -0.39 is 24.0 Å². The second-order valence-electron chi connectivity index (χ2n) is 6.72. The number of hydrogen-bond acceptors (Lipinski definition) is 6. The fourth-order valence-corrected chi connectivity index (χ4v) is 3.49. The number of Topliss-reactive ketones (excluding diaryl/α,β-unsaturated/α-hetero) is 1. The molecule has 0 aliphatic carbocycles. The number of carbonyl (C=O) groups is 2. The van der Waals surface area contributed by atoms with Crippen molar-refractivity contribution >= 4 is 17.4 Å². The van der Waals surface area contributed by atoms with Crippen molar-refractivity contribution in [1.29, 1.82) is 0 Å². The Morgan fingerprint density at radius 1 is 1.03 bits per heavy atom. The van der Waals surface area contributed by atoms with Gasteiger partial charge in [0.15, 0.2) is 6.29 Å². The van der Waals surface area contributed by atoms with Crippen molar-refractivity contribution in [3.63, 3.8) is 0 Å². The fourth-order valence-electron chi connectivity index (χ4n) is 3.49. The number of amides is 1. The summed E-state index contributed by atoms with van der Waals surface area (Å²) in [6, 6.07) is 15.0. The third-order valence-electron chi connectivity index (χ3n) is 4.97. The summed E-state index contributed by atoms with van der Waals surface area (Å²) in [6.45, 7) is 2.44. The lowest BCUT2D eigenvalue weighted by Crippen LogP contribution is -2.38. The number of rotatable bonds is 8. The molecule has 0 aromatic heterocycles. The van der Waals surface area contributed by atoms with Gasteiger partial charge in [-0.1, -0.05) is 42.5 Å². The number of benzene rings is 2. The van der Waals surface area contributed by atoms with Gasteiger partial charge in [-0.3, -0.25) is 9.59 Å². The molecule has 1 amide bonds. The Bertz CT molecular complexity index is 918. The molecular weight excluding hydrogens is 386 g/mol. The van der Waals surface area contributed by atoms with E-state index in [1.807, 2.05) is 6.92 Å². The Labute approximate surface area is 175 Å². The van der Waals surface area contributed by atoms with Gasteiger partial charge in [-0.15, -0.1) is 0 Å². The van der Waals surface area contributed by atoms with E-state index in [1.165, 1.54) is 19.1 Å². The lowest BCUT2D eigenvalue weighted by Gasteiger charge is -2.28. The first-order chi connectivity index (χ1) is 14.5. The van der Waals surface area contributed by atoms with Crippen molar-refractivity contribution in [3.05, 3.63) is 71.3 Å². The van der Waals surface area contributed by atoms with Crippen molar-refractivity contribution in [2.45, 2.75) is 19.3 Å². The molecule has 3 rings (SSSR count). The van der Waals surface area contributed by atoms with Gasteiger partial charge in [-0.05, 0) is 24.6 Å². The molecule has 0 saturated carbocycles. The molecule has 0 radical (unpaired) electrons. The number of methoxy groups -OCH3 is 2. The van der Waals surface area contributed by atoms with Crippen molar-refractivity contribution < 1.29 is 28.9 Å². The Hall–Kier alpha value is -3.16. The number of aliphatic hydroxyl groups is 1. The summed E-state index contributed by atoms with van der Waals surface area (Å²) in [7, 11) is 2.92. The summed E-state index contributed by atoms with van der Waals surface area (Å²) in [5.41, 5.74) is 1.16. The third-order valence-corrected chi connectivity index (χ3v) is 4.97. The number of hydrogen-bond donors (Lipinski definition) is 1. The van der Waals surface area contributed by atoms with Gasteiger partial charge in [0.2, 0.25) is 0 Å². The van der Waals surface area contributed by atoms with E-state index in [2.05, 4.69) is 0 Å². The van der Waals surface area contributed by atoms with Crippen LogP contribution >= 0.6 is 0 Å². The quantitative estimate of drug-likeness (QED) is 0.311. The van der Waals surface area contributed by atoms with Gasteiger partial charge < -0.3 is 24.2 Å². The minimum Gasteiger partial charge on any atom is -0.507 e. The lowest BCUT2D eigenvalue weighted by atomic mass is 9.95. The smallest absolute Gasteiger partial charge is 0.295 e. The van der Waals surface area contributed by atoms with Crippen LogP contribution in [-0.4, -0.2) is 55.4 Å². The van der Waals surface area contributed by atoms with E-state index in [9.17, 15) is 14.7 Å². The van der Waals surface area contributed by atoms with Crippen molar-refractivity contribution in [1.82, 2.24) is 4.90 Å². The highest BCUT2D eigenvalue weighted by molar-refractivity contribution is 6.46. The van der Waals surface area contributed by atoms with Crippen LogP contribution < -0.4 is 4.74 Å². The standard InChI is InChI=1S/C23H25NO6/c1-4-30-17-12-10-15(11-13-17)20-19(21(25)16-8-6-5-7-9-16)22(26)23(27)24(20)14-18(28-2)29-3/h5-13,18,20,25H,4,14H2,1-3H3. The highest BCUT2D eigenvalue weighted by Crippen LogP contribution is 2.40. The minimum atomic E-state index is -0.784. The molecule has 1 N–H and O–H groups in total. The van der Waals surface area contributed by atoms with Crippen LogP contribution in [0.4, 0.5) is 0 Å². The van der Waals surface area contributed by atoms with E-state index in [0.29, 0.717) is 23.5 Å². The van der Waals surface area contributed by atoms with Gasteiger partial charge in [0.25, 0.3) is 11.7 Å². The van der Waals surface area contributed by atoms with E-state index in [0.717, 1.165) is 0 Å². The first-order valence-corrected chi connectivity index (χ1v) is 9.64. The maximum absolute atomic E-state index is 12.9. The maximum Gasteiger partial charge on any atom is 0.295 e. The van der Waals surface area contributed by atoms with Crippen LogP contribution in [0, 0.1) is 0 Å². The summed E-state index contributed by atoms with van der Waals surface area (Å²) >= 11 is 0. The minimum absolute atomic E-state index is 0.0288. The Kier molecular flexibility index (Phi) is 6.87. The van der Waals surface area contributed by atoms with E-state index in [-0.39, 0.29) is 17.9 Å². The second-order valence-corrected chi connectivity index (χ2v) is 6.72. The number of aliphatic hydroxyl groups excluding tert-OH is 1. The van der Waals surface area contributed by atoms with Gasteiger partial charge in [-0.25, -0.2) is 0 Å². The molecule has 1 heterocycles. The molecule has 1 saturated heterocycles. The zero-order valence-corrected chi connectivity index (χ0v) is 17.2. The summed E-state index contributed by atoms with van der Waals surface area (Å²) in [6.07, 6.45) is -0.717. The molecule has 2 aromatic rings. The number of carbonyl (C=O) groups excluding carboxylic acids is 2. The third kappa shape index (κ3) is 4.22. The van der Waals surface area contributed by atoms with Gasteiger partial charge >= 0.3 is 0 Å². The Balaban J connectivity index is 2.11. The van der Waals surface area contributed by atoms with Crippen LogP contribution in [-0.2, 0) is 19.1 Å². The fraction of sp³-hybridized carbons (Fsp3) is 0.304. The van der Waals surface area contributed by atoms with E-state index in [1.54, 1.807) is 54.6 Å². The van der Waals surface area contributed by atoms with Crippen LogP contribution in [0.5, 0.6) is 5.75 Å². The highest BCUT2D eigenvalue weighted by Gasteiger charge is 2.46. The van der Waals surface area contributed by atoms with E-state index >= 15 is 0 Å². The van der Waals surface area contributed by atoms with Gasteiger partial charge in [0.1, 0.15) is 11.5 Å². The number of ketones is 1. The molecule has 7 heteroatoms. The first kappa shape index (κ1) is 21.5. The van der Waals surface area contributed by atoms with Crippen molar-refractivity contribution in [3.8, 4) is 5.75 Å². The molecule has 1 aliphatic heterocycles. The molecule has 1 unspecified atom stereocenters. The molecule has 30 heavy (non-hydrogen) atoms. The predicted octanol–water partition coefficient (Wildman–Crippen LogP) is 3.13. The summed E-state index contributed by atoms with van der Waals surface area (Å²) < 4.78 is 16.0. The molecule has 2 aromatic carbocycles. The monoisotopic (exact) mass is 411 g/mol. The normalized spacial score (nSPS) is 18.3. The predicted molar refractivity (Wildman–Crippen MR) is 111 cm³/mol. The number of likely N-dealkylation sites (tertiary alicyclic amines) is 1. The molecule has 7 nitrogen and oxygen atoms in total. The molecular formula is C23H25NO6. The Morgan fingerprint density at radius 3 is 2.23 bits per heavy atom. The molecule has 0 spiro atoms. The number of nitrogens with zero attached hydrogens (tertiary/aromatic N) is 1. The summed E-state index contributed by atoms with van der Waals surface area (Å²) in [5.74, 6) is -1.01. The summed E-state index contributed by atoms with van der Waals surface area (Å²) in [4.78, 5) is 27.2. The average Bonchev–Trinajstić information content (AvgIpc) is 3.03. The van der Waals surface area contributed by atoms with Gasteiger partial charge in [-0.2, -0.15) is 0 Å². The zero-order valence-electron chi connectivity index (χ0n) is 17.2. The molecule has 1 fully saturated rings. The van der Waals surface area contributed by atoms with Crippen LogP contribution in [0.3, 0.4) is 0 Å². The molecule has 1 atom stereocenters. The topological polar surface area (TPSA) is 85.3 Å². The lowest BCUT2D eigenvalue weighted by molar-refractivity contribution is -0.149. The average molecular weight is 411 g/mol. The van der Waals surface area contributed by atoms with Crippen LogP contribution in [0.25, 0.3) is 5.76 Å². The zero-order chi connectivity index (χ0) is 21.7. The SMILES string of the molecule is CCOc1ccc(C2C(=C(O)c3ccccc3)C(=O)C(=O)N2CC(OC)OC)cc1. The summed E-state index contributed by atoms with van der Waals surface area (Å²) in [5, 5.41) is 10.9. The molecule has 0 bridgehead atoms. The van der Waals surface area contributed by atoms with Crippen LogP contribution in [0.15, 0.2) is 60.2 Å². The molecule has 158 valence electrons. The maximum atomic E-state index is 12.9. The van der Waals surface area contributed by atoms with Crippen LogP contribution in [0.1, 0.15) is 24.1 Å². The van der Waals surface area contributed by atoms with Crippen molar-refractivity contribution in [2.24, 2.45) is 0 Å². The highest BCUT2D eigenvalue weighted by atomic mass is 16.7. The first-order valence-electron chi connectivity index (χ1n) is 9.64. The van der Waals surface area contributed by atoms with Crippen LogP contribution in [0.2, 0.25) is 0 Å². The molecule has 1 aliphatic rings. The second kappa shape index (κ2) is 9.56. The van der Waals surface area contributed by atoms with Crippen molar-refractivity contribution in [2.75, 3.05) is 27.4 Å². The van der Waals surface area contributed by atoms with Gasteiger partial charge in [0, 0.05) is 19.8 Å². The largest absolute Gasteiger partial charge is 0.507 e.